The molecule has 172 valence electrons. The molecule has 2 aromatic heterocycles. The largest absolute Gasteiger partial charge is 0.493 e. The fourth-order valence-corrected chi connectivity index (χ4v) is 3.07. The third-order valence-corrected chi connectivity index (χ3v) is 4.47. The molecular weight excluding hydrogens is 427 g/mol. The minimum absolute atomic E-state index is 0.0181. The highest BCUT2D eigenvalue weighted by Gasteiger charge is 2.33. The summed E-state index contributed by atoms with van der Waals surface area (Å²) >= 11 is 0. The lowest BCUT2D eigenvalue weighted by atomic mass is 10.2. The molecule has 0 aliphatic carbocycles. The molecule has 3 rings (SSSR count). The number of hydrogen-bond donors (Lipinski definition) is 2. The predicted molar refractivity (Wildman–Crippen MR) is 114 cm³/mol. The second-order valence-electron chi connectivity index (χ2n) is 6.96. The Morgan fingerprint density at radius 3 is 2.47 bits per heavy atom. The van der Waals surface area contributed by atoms with Crippen LogP contribution in [0.15, 0.2) is 24.3 Å². The molecule has 0 aliphatic heterocycles. The summed E-state index contributed by atoms with van der Waals surface area (Å²) < 4.78 is 55.4. The van der Waals surface area contributed by atoms with Crippen molar-refractivity contribution in [3.63, 3.8) is 0 Å². The summed E-state index contributed by atoms with van der Waals surface area (Å²) in [7, 11) is 3.14. The predicted octanol–water partition coefficient (Wildman–Crippen LogP) is 3.97. The molecule has 3 N–H and O–H groups in total. The SMILES string of the molecule is COCCCOc1cc2c(NCc3cc(N)cc(C(F)(F)F)n3)nc(C)nc2cc1OC. The molecule has 32 heavy (non-hydrogen) atoms. The zero-order valence-corrected chi connectivity index (χ0v) is 17.9. The number of nitrogen functional groups attached to an aromatic ring is 1. The quantitative estimate of drug-likeness (QED) is 0.471. The normalized spacial score (nSPS) is 11.6. The summed E-state index contributed by atoms with van der Waals surface area (Å²) in [5.74, 6) is 1.90. The van der Waals surface area contributed by atoms with Crippen LogP contribution in [-0.2, 0) is 17.5 Å². The maximum Gasteiger partial charge on any atom is 0.433 e. The van der Waals surface area contributed by atoms with Gasteiger partial charge in [-0.2, -0.15) is 13.2 Å². The third-order valence-electron chi connectivity index (χ3n) is 4.47. The highest BCUT2D eigenvalue weighted by atomic mass is 19.4. The molecule has 0 fully saturated rings. The molecule has 0 radical (unpaired) electrons. The molecule has 11 heteroatoms. The molecule has 0 saturated carbocycles. The Morgan fingerprint density at radius 2 is 1.78 bits per heavy atom. The molecular formula is C21H24F3N5O3. The molecule has 3 aromatic rings. The second kappa shape index (κ2) is 9.86. The number of rotatable bonds is 9. The second-order valence-corrected chi connectivity index (χ2v) is 6.96. The number of methoxy groups -OCH3 is 2. The van der Waals surface area contributed by atoms with E-state index in [2.05, 4.69) is 20.3 Å². The van der Waals surface area contributed by atoms with E-state index < -0.39 is 11.9 Å². The van der Waals surface area contributed by atoms with E-state index >= 15 is 0 Å². The lowest BCUT2D eigenvalue weighted by Crippen LogP contribution is -2.13. The molecule has 1 aromatic carbocycles. The Labute approximate surface area is 182 Å². The van der Waals surface area contributed by atoms with Crippen LogP contribution in [-0.4, -0.2) is 42.4 Å². The van der Waals surface area contributed by atoms with Crippen LogP contribution in [0.25, 0.3) is 10.9 Å². The first kappa shape index (κ1) is 23.3. The fourth-order valence-electron chi connectivity index (χ4n) is 3.07. The Kier molecular flexibility index (Phi) is 7.18. The number of benzene rings is 1. The number of halogens is 3. The number of ether oxygens (including phenoxy) is 3. The van der Waals surface area contributed by atoms with Gasteiger partial charge in [0.25, 0.3) is 0 Å². The average molecular weight is 451 g/mol. The number of aromatic nitrogens is 3. The van der Waals surface area contributed by atoms with Gasteiger partial charge >= 0.3 is 6.18 Å². The van der Waals surface area contributed by atoms with Crippen LogP contribution in [0.5, 0.6) is 11.5 Å². The van der Waals surface area contributed by atoms with Gasteiger partial charge in [-0.3, -0.25) is 0 Å². The van der Waals surface area contributed by atoms with Crippen molar-refractivity contribution < 1.29 is 27.4 Å². The number of nitrogens with zero attached hydrogens (tertiary/aromatic N) is 3. The molecule has 0 bridgehead atoms. The van der Waals surface area contributed by atoms with E-state index in [0.29, 0.717) is 53.7 Å². The van der Waals surface area contributed by atoms with E-state index in [1.165, 1.54) is 13.2 Å². The van der Waals surface area contributed by atoms with E-state index in [4.69, 9.17) is 19.9 Å². The zero-order chi connectivity index (χ0) is 23.3. The van der Waals surface area contributed by atoms with Crippen LogP contribution in [0.4, 0.5) is 24.7 Å². The summed E-state index contributed by atoms with van der Waals surface area (Å²) in [5.41, 5.74) is 5.28. The van der Waals surface area contributed by atoms with Crippen molar-refractivity contribution in [2.45, 2.75) is 26.1 Å². The van der Waals surface area contributed by atoms with Gasteiger partial charge in [0.2, 0.25) is 0 Å². The van der Waals surface area contributed by atoms with Gasteiger partial charge in [0.05, 0.1) is 31.5 Å². The molecule has 0 unspecified atom stereocenters. The number of anilines is 2. The Bertz CT molecular complexity index is 1090. The van der Waals surface area contributed by atoms with Crippen LogP contribution in [0.2, 0.25) is 0 Å². The van der Waals surface area contributed by atoms with Gasteiger partial charge in [0.1, 0.15) is 17.3 Å². The zero-order valence-electron chi connectivity index (χ0n) is 17.9. The number of fused-ring (bicyclic) bond motifs is 1. The molecule has 0 saturated heterocycles. The van der Waals surface area contributed by atoms with Crippen LogP contribution in [0.1, 0.15) is 23.6 Å². The van der Waals surface area contributed by atoms with Crippen molar-refractivity contribution >= 4 is 22.4 Å². The van der Waals surface area contributed by atoms with E-state index in [1.807, 2.05) is 0 Å². The van der Waals surface area contributed by atoms with Crippen molar-refractivity contribution in [2.24, 2.45) is 0 Å². The third kappa shape index (κ3) is 5.67. The smallest absolute Gasteiger partial charge is 0.433 e. The van der Waals surface area contributed by atoms with Crippen molar-refractivity contribution in [2.75, 3.05) is 38.5 Å². The van der Waals surface area contributed by atoms with Gasteiger partial charge in [-0.25, -0.2) is 15.0 Å². The summed E-state index contributed by atoms with van der Waals surface area (Å²) in [5, 5.41) is 3.66. The van der Waals surface area contributed by atoms with Crippen LogP contribution in [0, 0.1) is 6.92 Å². The summed E-state index contributed by atoms with van der Waals surface area (Å²) in [6.07, 6.45) is -3.90. The molecule has 0 aliphatic rings. The van der Waals surface area contributed by atoms with Gasteiger partial charge < -0.3 is 25.3 Å². The molecule has 2 heterocycles. The van der Waals surface area contributed by atoms with Gasteiger partial charge in [-0.05, 0) is 25.1 Å². The summed E-state index contributed by atoms with van der Waals surface area (Å²) in [6.45, 7) is 2.67. The number of nitrogens with one attached hydrogen (secondary N) is 1. The van der Waals surface area contributed by atoms with Gasteiger partial charge in [-0.15, -0.1) is 0 Å². The topological polar surface area (TPSA) is 104 Å². The first-order valence-electron chi connectivity index (χ1n) is 9.77. The standard InChI is InChI=1S/C21H24F3N5O3/c1-12-27-16-10-17(31-3)18(32-6-4-5-30-2)9-15(16)20(28-12)26-11-14-7-13(25)8-19(29-14)21(22,23)24/h7-10H,4-6,11H2,1-3H3,(H2,25,29)(H,26,27,28). The lowest BCUT2D eigenvalue weighted by molar-refractivity contribution is -0.141. The van der Waals surface area contributed by atoms with Crippen LogP contribution in [0.3, 0.4) is 0 Å². The van der Waals surface area contributed by atoms with Crippen molar-refractivity contribution in [1.82, 2.24) is 15.0 Å². The highest BCUT2D eigenvalue weighted by Crippen LogP contribution is 2.35. The summed E-state index contributed by atoms with van der Waals surface area (Å²) in [6, 6.07) is 5.64. The van der Waals surface area contributed by atoms with E-state index in [1.54, 1.807) is 26.2 Å². The molecule has 0 amide bonds. The van der Waals surface area contributed by atoms with Crippen LogP contribution < -0.4 is 20.5 Å². The Morgan fingerprint density at radius 1 is 1.00 bits per heavy atom. The monoisotopic (exact) mass is 451 g/mol. The van der Waals surface area contributed by atoms with E-state index in [0.717, 1.165) is 6.07 Å². The van der Waals surface area contributed by atoms with Crippen LogP contribution >= 0.6 is 0 Å². The number of pyridine rings is 1. The lowest BCUT2D eigenvalue weighted by Gasteiger charge is -2.15. The number of hydrogen-bond acceptors (Lipinski definition) is 8. The molecule has 0 atom stereocenters. The maximum atomic E-state index is 13.0. The van der Waals surface area contributed by atoms with Crippen molar-refractivity contribution in [1.29, 1.82) is 0 Å². The number of alkyl halides is 3. The minimum Gasteiger partial charge on any atom is -0.493 e. The number of aryl methyl sites for hydroxylation is 1. The molecule has 0 spiro atoms. The van der Waals surface area contributed by atoms with Gasteiger partial charge in [-0.1, -0.05) is 0 Å². The first-order chi connectivity index (χ1) is 15.2. The van der Waals surface area contributed by atoms with Gasteiger partial charge in [0.15, 0.2) is 11.5 Å². The van der Waals surface area contributed by atoms with Crippen molar-refractivity contribution in [3.8, 4) is 11.5 Å². The summed E-state index contributed by atoms with van der Waals surface area (Å²) in [4.78, 5) is 12.5. The molecule has 8 nitrogen and oxygen atoms in total. The first-order valence-corrected chi connectivity index (χ1v) is 9.77. The fraction of sp³-hybridized carbons (Fsp3) is 0.381. The Balaban J connectivity index is 1.91. The minimum atomic E-state index is -4.59. The Hall–Kier alpha value is -3.34. The highest BCUT2D eigenvalue weighted by molar-refractivity contribution is 5.91. The average Bonchev–Trinajstić information content (AvgIpc) is 2.73. The van der Waals surface area contributed by atoms with E-state index in [9.17, 15) is 13.2 Å². The van der Waals surface area contributed by atoms with E-state index in [-0.39, 0.29) is 17.9 Å². The van der Waals surface area contributed by atoms with Crippen molar-refractivity contribution in [3.05, 3.63) is 41.5 Å². The maximum absolute atomic E-state index is 13.0. The number of nitrogens with two attached hydrogens (primary N) is 1. The van der Waals surface area contributed by atoms with Gasteiger partial charge in [0, 0.05) is 37.3 Å².